The van der Waals surface area contributed by atoms with E-state index in [1.807, 2.05) is 0 Å². The predicted molar refractivity (Wildman–Crippen MR) is 140 cm³/mol. The van der Waals surface area contributed by atoms with Gasteiger partial charge in [0.2, 0.25) is 0 Å². The van der Waals surface area contributed by atoms with E-state index in [2.05, 4.69) is 9.71 Å². The van der Waals surface area contributed by atoms with Gasteiger partial charge in [0, 0.05) is 24.7 Å². The SMILES string of the molecule is C/C=C(/C(=N)c1c(F)cccc1Cl)C(=O)N1CCC(c2ccc(S(=O)(=O)Nc3nccs3)cc2)CC1. The summed E-state index contributed by atoms with van der Waals surface area (Å²) >= 11 is 7.30. The molecule has 0 saturated carbocycles. The number of rotatable bonds is 7. The van der Waals surface area contributed by atoms with Gasteiger partial charge in [-0.05, 0) is 55.5 Å². The second-order valence-corrected chi connectivity index (χ2v) is 11.2. The Morgan fingerprint density at radius 3 is 2.50 bits per heavy atom. The Morgan fingerprint density at radius 1 is 1.22 bits per heavy atom. The van der Waals surface area contributed by atoms with Crippen molar-refractivity contribution in [1.82, 2.24) is 9.88 Å². The highest BCUT2D eigenvalue weighted by Crippen LogP contribution is 2.30. The molecule has 188 valence electrons. The zero-order valence-corrected chi connectivity index (χ0v) is 21.8. The van der Waals surface area contributed by atoms with Crippen molar-refractivity contribution in [3.8, 4) is 0 Å². The van der Waals surface area contributed by atoms with Crippen molar-refractivity contribution in [3.05, 3.63) is 87.7 Å². The maximum atomic E-state index is 14.3. The second kappa shape index (κ2) is 10.9. The molecule has 3 aromatic rings. The van der Waals surface area contributed by atoms with Crippen LogP contribution in [0.2, 0.25) is 5.02 Å². The normalized spacial score (nSPS) is 15.1. The summed E-state index contributed by atoms with van der Waals surface area (Å²) in [7, 11) is -3.72. The number of likely N-dealkylation sites (tertiary alicyclic amines) is 1. The monoisotopic (exact) mass is 546 g/mol. The highest BCUT2D eigenvalue weighted by atomic mass is 35.5. The van der Waals surface area contributed by atoms with E-state index in [9.17, 15) is 17.6 Å². The number of aromatic nitrogens is 1. The van der Waals surface area contributed by atoms with Crippen LogP contribution in [0.5, 0.6) is 0 Å². The number of anilines is 1. The molecular formula is C25H24ClFN4O3S2. The van der Waals surface area contributed by atoms with Crippen molar-refractivity contribution in [2.45, 2.75) is 30.6 Å². The average molecular weight is 547 g/mol. The predicted octanol–water partition coefficient (Wildman–Crippen LogP) is 5.46. The molecule has 4 rings (SSSR count). The standard InChI is InChI=1S/C25H24ClFN4O3S2/c1-2-19(23(28)22-20(26)4-3-5-21(22)27)24(32)31-13-10-17(11-14-31)16-6-8-18(9-7-16)36(33,34)30-25-29-12-15-35-25/h2-9,12,15,17,28H,10-11,13-14H2,1H3,(H,29,30)/b19-2-,28-23?. The lowest BCUT2D eigenvalue weighted by Gasteiger charge is -2.33. The van der Waals surface area contributed by atoms with Gasteiger partial charge in [-0.25, -0.2) is 17.8 Å². The van der Waals surface area contributed by atoms with Crippen LogP contribution in [0.15, 0.2) is 70.6 Å². The van der Waals surface area contributed by atoms with Gasteiger partial charge in [0.25, 0.3) is 15.9 Å². The summed E-state index contributed by atoms with van der Waals surface area (Å²) < 4.78 is 41.9. The Bertz CT molecular complexity index is 1380. The molecule has 1 amide bonds. The number of halogens is 2. The number of nitrogens with zero attached hydrogens (tertiary/aromatic N) is 2. The Balaban J connectivity index is 1.40. The molecule has 1 fully saturated rings. The van der Waals surface area contributed by atoms with Crippen LogP contribution in [0.25, 0.3) is 0 Å². The van der Waals surface area contributed by atoms with Gasteiger partial charge in [0.05, 0.1) is 26.8 Å². The lowest BCUT2D eigenvalue weighted by atomic mass is 9.89. The number of carbonyl (C=O) groups excluding carboxylic acids is 1. The molecule has 1 saturated heterocycles. The van der Waals surface area contributed by atoms with E-state index in [1.165, 1.54) is 41.8 Å². The second-order valence-electron chi connectivity index (χ2n) is 8.25. The molecule has 1 aliphatic rings. The van der Waals surface area contributed by atoms with Gasteiger partial charge in [-0.2, -0.15) is 0 Å². The first-order valence-corrected chi connectivity index (χ1v) is 14.0. The van der Waals surface area contributed by atoms with Gasteiger partial charge in [-0.1, -0.05) is 35.9 Å². The number of benzene rings is 2. The summed E-state index contributed by atoms with van der Waals surface area (Å²) in [6.45, 7) is 2.57. The Labute approximate surface area is 218 Å². The van der Waals surface area contributed by atoms with Crippen molar-refractivity contribution in [1.29, 1.82) is 5.41 Å². The first kappa shape index (κ1) is 26.0. The van der Waals surface area contributed by atoms with Crippen molar-refractivity contribution in [2.75, 3.05) is 17.8 Å². The summed E-state index contributed by atoms with van der Waals surface area (Å²) in [5.74, 6) is -0.826. The van der Waals surface area contributed by atoms with Gasteiger partial charge in [0.1, 0.15) is 5.82 Å². The largest absolute Gasteiger partial charge is 0.339 e. The van der Waals surface area contributed by atoms with Gasteiger partial charge in [0.15, 0.2) is 5.13 Å². The van der Waals surface area contributed by atoms with Crippen LogP contribution in [-0.2, 0) is 14.8 Å². The minimum Gasteiger partial charge on any atom is -0.339 e. The van der Waals surface area contributed by atoms with Crippen LogP contribution in [0.4, 0.5) is 9.52 Å². The molecule has 2 aromatic carbocycles. The quantitative estimate of drug-likeness (QED) is 0.303. The molecule has 0 unspecified atom stereocenters. The van der Waals surface area contributed by atoms with E-state index in [0.29, 0.717) is 31.1 Å². The molecule has 0 spiro atoms. The number of piperidine rings is 1. The van der Waals surface area contributed by atoms with Crippen molar-refractivity contribution in [3.63, 3.8) is 0 Å². The number of hydrogen-bond donors (Lipinski definition) is 2. The molecule has 1 aliphatic heterocycles. The summed E-state index contributed by atoms with van der Waals surface area (Å²) in [5.41, 5.74) is 0.765. The maximum Gasteiger partial charge on any atom is 0.263 e. The molecule has 0 radical (unpaired) electrons. The zero-order chi connectivity index (χ0) is 25.9. The third-order valence-electron chi connectivity index (χ3n) is 6.10. The molecule has 2 heterocycles. The molecule has 2 N–H and O–H groups in total. The fraction of sp³-hybridized carbons (Fsp3) is 0.240. The van der Waals surface area contributed by atoms with Crippen molar-refractivity contribution in [2.24, 2.45) is 0 Å². The van der Waals surface area contributed by atoms with Crippen LogP contribution < -0.4 is 4.72 Å². The van der Waals surface area contributed by atoms with Crippen LogP contribution >= 0.6 is 22.9 Å². The van der Waals surface area contributed by atoms with E-state index in [0.717, 1.165) is 5.56 Å². The van der Waals surface area contributed by atoms with Gasteiger partial charge < -0.3 is 4.90 Å². The molecule has 0 aliphatic carbocycles. The highest BCUT2D eigenvalue weighted by Gasteiger charge is 2.29. The van der Waals surface area contributed by atoms with Crippen LogP contribution in [0, 0.1) is 11.2 Å². The van der Waals surface area contributed by atoms with Crippen molar-refractivity contribution < 1.29 is 17.6 Å². The molecule has 0 atom stereocenters. The first-order chi connectivity index (χ1) is 17.2. The average Bonchev–Trinajstić information content (AvgIpc) is 3.37. The molecule has 7 nitrogen and oxygen atoms in total. The van der Waals surface area contributed by atoms with Crippen LogP contribution in [0.1, 0.15) is 36.8 Å². The number of allylic oxidation sites excluding steroid dienone is 1. The fourth-order valence-electron chi connectivity index (χ4n) is 4.20. The van der Waals surface area contributed by atoms with Gasteiger partial charge in [-0.3, -0.25) is 14.9 Å². The summed E-state index contributed by atoms with van der Waals surface area (Å²) in [5, 5.41) is 10.5. The van der Waals surface area contributed by atoms with E-state index in [-0.39, 0.29) is 38.6 Å². The number of nitrogens with one attached hydrogen (secondary N) is 2. The smallest absolute Gasteiger partial charge is 0.263 e. The zero-order valence-electron chi connectivity index (χ0n) is 19.4. The number of hydrogen-bond acceptors (Lipinski definition) is 6. The van der Waals surface area contributed by atoms with Crippen LogP contribution in [-0.4, -0.2) is 43.0 Å². The number of carbonyl (C=O) groups is 1. The lowest BCUT2D eigenvalue weighted by molar-refractivity contribution is -0.127. The third-order valence-corrected chi connectivity index (χ3v) is 8.59. The lowest BCUT2D eigenvalue weighted by Crippen LogP contribution is -2.40. The summed E-state index contributed by atoms with van der Waals surface area (Å²) in [6.07, 6.45) is 4.40. The van der Waals surface area contributed by atoms with Crippen LogP contribution in [0.3, 0.4) is 0 Å². The van der Waals surface area contributed by atoms with E-state index in [1.54, 1.807) is 41.5 Å². The maximum absolute atomic E-state index is 14.3. The number of sulfonamides is 1. The Hall–Kier alpha value is -3.08. The molecule has 36 heavy (non-hydrogen) atoms. The molecule has 11 heteroatoms. The van der Waals surface area contributed by atoms with Crippen molar-refractivity contribution >= 4 is 49.7 Å². The molecular weight excluding hydrogens is 523 g/mol. The number of amides is 1. The summed E-state index contributed by atoms with van der Waals surface area (Å²) in [4.78, 5) is 18.9. The number of thiazole rings is 1. The Kier molecular flexibility index (Phi) is 7.87. The molecule has 0 bridgehead atoms. The summed E-state index contributed by atoms with van der Waals surface area (Å²) in [6, 6.07) is 10.9. The van der Waals surface area contributed by atoms with Gasteiger partial charge in [-0.15, -0.1) is 11.3 Å². The third kappa shape index (κ3) is 5.50. The van der Waals surface area contributed by atoms with E-state index >= 15 is 0 Å². The first-order valence-electron chi connectivity index (χ1n) is 11.2. The topological polar surface area (TPSA) is 103 Å². The molecule has 1 aromatic heterocycles. The van der Waals surface area contributed by atoms with E-state index in [4.69, 9.17) is 17.0 Å². The fourth-order valence-corrected chi connectivity index (χ4v) is 6.25. The minimum absolute atomic E-state index is 0.0816. The Morgan fingerprint density at radius 2 is 1.92 bits per heavy atom. The highest BCUT2D eigenvalue weighted by molar-refractivity contribution is 7.93. The van der Waals surface area contributed by atoms with E-state index < -0.39 is 15.8 Å². The van der Waals surface area contributed by atoms with Gasteiger partial charge >= 0.3 is 0 Å². The minimum atomic E-state index is -3.72.